The minimum Gasteiger partial charge on any atom is -0.451 e. The molecule has 1 atom stereocenters. The third-order valence-corrected chi connectivity index (χ3v) is 5.80. The fourth-order valence-corrected chi connectivity index (χ4v) is 4.77. The molecule has 0 spiro atoms. The summed E-state index contributed by atoms with van der Waals surface area (Å²) in [6.45, 7) is 2.19. The second-order valence-corrected chi connectivity index (χ2v) is 7.63. The SMILES string of the molecule is C[C@H]1CCc2c(sc(NC(=O)c3cc4ccccc4o3)c2C(N)=O)C1. The first kappa shape index (κ1) is 15.9. The average Bonchev–Trinajstić information content (AvgIpc) is 3.15. The summed E-state index contributed by atoms with van der Waals surface area (Å²) in [5, 5.41) is 4.21. The van der Waals surface area contributed by atoms with Gasteiger partial charge in [-0.2, -0.15) is 0 Å². The van der Waals surface area contributed by atoms with Gasteiger partial charge in [0.2, 0.25) is 0 Å². The summed E-state index contributed by atoms with van der Waals surface area (Å²) in [7, 11) is 0. The van der Waals surface area contributed by atoms with Crippen LogP contribution in [-0.2, 0) is 12.8 Å². The van der Waals surface area contributed by atoms with Gasteiger partial charge in [0.1, 0.15) is 10.6 Å². The van der Waals surface area contributed by atoms with E-state index < -0.39 is 5.91 Å². The van der Waals surface area contributed by atoms with Crippen LogP contribution in [0.4, 0.5) is 5.00 Å². The topological polar surface area (TPSA) is 85.3 Å². The van der Waals surface area contributed by atoms with Crippen LogP contribution in [0.25, 0.3) is 11.0 Å². The molecule has 6 heteroatoms. The van der Waals surface area contributed by atoms with Gasteiger partial charge in [0.15, 0.2) is 5.76 Å². The van der Waals surface area contributed by atoms with Crippen LogP contribution in [-0.4, -0.2) is 11.8 Å². The summed E-state index contributed by atoms with van der Waals surface area (Å²) in [4.78, 5) is 25.7. The zero-order valence-corrected chi connectivity index (χ0v) is 14.6. The maximum absolute atomic E-state index is 12.6. The number of nitrogens with two attached hydrogens (primary N) is 1. The highest BCUT2D eigenvalue weighted by atomic mass is 32.1. The van der Waals surface area contributed by atoms with Gasteiger partial charge in [-0.05, 0) is 42.9 Å². The Kier molecular flexibility index (Phi) is 3.84. The first-order valence-corrected chi connectivity index (χ1v) is 9.09. The van der Waals surface area contributed by atoms with Gasteiger partial charge in [0, 0.05) is 10.3 Å². The number of rotatable bonds is 3. The number of carbonyl (C=O) groups is 2. The highest BCUT2D eigenvalue weighted by Crippen LogP contribution is 2.39. The molecule has 1 aliphatic rings. The Hall–Kier alpha value is -2.60. The van der Waals surface area contributed by atoms with E-state index in [0.717, 1.165) is 35.1 Å². The number of carbonyl (C=O) groups excluding carboxylic acids is 2. The Morgan fingerprint density at radius 1 is 1.32 bits per heavy atom. The Balaban J connectivity index is 1.68. The molecule has 3 aromatic rings. The lowest BCUT2D eigenvalue weighted by atomic mass is 9.88. The lowest BCUT2D eigenvalue weighted by molar-refractivity contribution is 0.0999. The van der Waals surface area contributed by atoms with E-state index in [1.807, 2.05) is 24.3 Å². The summed E-state index contributed by atoms with van der Waals surface area (Å²) in [5.74, 6) is -0.0699. The number of thiophene rings is 1. The maximum atomic E-state index is 12.6. The molecule has 5 nitrogen and oxygen atoms in total. The van der Waals surface area contributed by atoms with E-state index in [1.165, 1.54) is 11.3 Å². The highest BCUT2D eigenvalue weighted by molar-refractivity contribution is 7.17. The van der Waals surface area contributed by atoms with Crippen LogP contribution in [0.5, 0.6) is 0 Å². The fourth-order valence-electron chi connectivity index (χ4n) is 3.36. The molecule has 128 valence electrons. The van der Waals surface area contributed by atoms with Crippen LogP contribution in [0.2, 0.25) is 0 Å². The van der Waals surface area contributed by atoms with Crippen molar-refractivity contribution in [3.05, 3.63) is 52.1 Å². The van der Waals surface area contributed by atoms with E-state index in [2.05, 4.69) is 12.2 Å². The molecule has 2 heterocycles. The lowest BCUT2D eigenvalue weighted by Gasteiger charge is -2.18. The summed E-state index contributed by atoms with van der Waals surface area (Å²) in [6, 6.07) is 9.14. The van der Waals surface area contributed by atoms with Gasteiger partial charge in [-0.15, -0.1) is 11.3 Å². The molecule has 1 aromatic carbocycles. The van der Waals surface area contributed by atoms with Crippen molar-refractivity contribution < 1.29 is 14.0 Å². The van der Waals surface area contributed by atoms with E-state index in [9.17, 15) is 9.59 Å². The van der Waals surface area contributed by atoms with Crippen molar-refractivity contribution >= 4 is 39.1 Å². The smallest absolute Gasteiger partial charge is 0.292 e. The van der Waals surface area contributed by atoms with Crippen molar-refractivity contribution in [1.82, 2.24) is 0 Å². The largest absolute Gasteiger partial charge is 0.451 e. The van der Waals surface area contributed by atoms with Crippen molar-refractivity contribution in [3.8, 4) is 0 Å². The fraction of sp³-hybridized carbons (Fsp3) is 0.263. The van der Waals surface area contributed by atoms with Gasteiger partial charge in [-0.25, -0.2) is 0 Å². The Morgan fingerprint density at radius 3 is 2.88 bits per heavy atom. The van der Waals surface area contributed by atoms with Gasteiger partial charge in [0.05, 0.1) is 5.56 Å². The van der Waals surface area contributed by atoms with Gasteiger partial charge < -0.3 is 15.5 Å². The molecule has 0 unspecified atom stereocenters. The number of para-hydroxylation sites is 1. The second-order valence-electron chi connectivity index (χ2n) is 6.52. The molecule has 1 aliphatic carbocycles. The van der Waals surface area contributed by atoms with Gasteiger partial charge >= 0.3 is 0 Å². The zero-order valence-electron chi connectivity index (χ0n) is 13.8. The molecule has 0 aliphatic heterocycles. The molecule has 0 fully saturated rings. The zero-order chi connectivity index (χ0) is 17.6. The van der Waals surface area contributed by atoms with Gasteiger partial charge in [-0.1, -0.05) is 25.1 Å². The number of benzene rings is 1. The number of anilines is 1. The Labute approximate surface area is 148 Å². The van der Waals surface area contributed by atoms with Crippen molar-refractivity contribution in [2.75, 3.05) is 5.32 Å². The molecule has 3 N–H and O–H groups in total. The predicted molar refractivity (Wildman–Crippen MR) is 98.2 cm³/mol. The van der Waals surface area contributed by atoms with E-state index in [-0.39, 0.29) is 11.7 Å². The summed E-state index contributed by atoms with van der Waals surface area (Å²) in [5.41, 5.74) is 7.69. The van der Waals surface area contributed by atoms with Crippen molar-refractivity contribution in [2.24, 2.45) is 11.7 Å². The third kappa shape index (κ3) is 2.82. The van der Waals surface area contributed by atoms with Crippen molar-refractivity contribution in [1.29, 1.82) is 0 Å². The number of hydrogen-bond acceptors (Lipinski definition) is 4. The molecular formula is C19H18N2O3S. The van der Waals surface area contributed by atoms with Gasteiger partial charge in [-0.3, -0.25) is 9.59 Å². The first-order chi connectivity index (χ1) is 12.0. The monoisotopic (exact) mass is 354 g/mol. The number of amides is 2. The van der Waals surface area contributed by atoms with E-state index in [0.29, 0.717) is 22.1 Å². The molecule has 0 saturated heterocycles. The molecule has 25 heavy (non-hydrogen) atoms. The number of fused-ring (bicyclic) bond motifs is 2. The Bertz CT molecular complexity index is 953. The molecule has 0 radical (unpaired) electrons. The van der Waals surface area contributed by atoms with Gasteiger partial charge in [0.25, 0.3) is 11.8 Å². The predicted octanol–water partition coefficient (Wildman–Crippen LogP) is 3.97. The number of primary amides is 1. The van der Waals surface area contributed by atoms with Crippen LogP contribution in [0, 0.1) is 5.92 Å². The van der Waals surface area contributed by atoms with E-state index in [1.54, 1.807) is 6.07 Å². The lowest BCUT2D eigenvalue weighted by Crippen LogP contribution is -2.19. The minimum atomic E-state index is -0.494. The van der Waals surface area contributed by atoms with Crippen LogP contribution in [0.15, 0.2) is 34.7 Å². The van der Waals surface area contributed by atoms with Crippen LogP contribution in [0.3, 0.4) is 0 Å². The molecule has 4 rings (SSSR count). The molecule has 2 amide bonds. The van der Waals surface area contributed by atoms with Crippen molar-refractivity contribution in [2.45, 2.75) is 26.2 Å². The van der Waals surface area contributed by atoms with Crippen LogP contribution < -0.4 is 11.1 Å². The quantitative estimate of drug-likeness (QED) is 0.746. The maximum Gasteiger partial charge on any atom is 0.292 e. The molecule has 2 aromatic heterocycles. The number of nitrogens with one attached hydrogen (secondary N) is 1. The van der Waals surface area contributed by atoms with Crippen molar-refractivity contribution in [3.63, 3.8) is 0 Å². The molecule has 0 bridgehead atoms. The van der Waals surface area contributed by atoms with Crippen LogP contribution >= 0.6 is 11.3 Å². The molecular weight excluding hydrogens is 336 g/mol. The standard InChI is InChI=1S/C19H18N2O3S/c1-10-6-7-12-15(8-10)25-19(16(12)17(20)22)21-18(23)14-9-11-4-2-3-5-13(11)24-14/h2-5,9-10H,6-8H2,1H3,(H2,20,22)(H,21,23)/t10-/m0/s1. The minimum absolute atomic E-state index is 0.219. The number of hydrogen-bond donors (Lipinski definition) is 2. The summed E-state index contributed by atoms with van der Waals surface area (Å²) >= 11 is 1.45. The molecule has 0 saturated carbocycles. The normalized spacial score (nSPS) is 16.6. The summed E-state index contributed by atoms with van der Waals surface area (Å²) < 4.78 is 5.60. The highest BCUT2D eigenvalue weighted by Gasteiger charge is 2.27. The number of furan rings is 1. The first-order valence-electron chi connectivity index (χ1n) is 8.27. The average molecular weight is 354 g/mol. The van der Waals surface area contributed by atoms with E-state index in [4.69, 9.17) is 10.2 Å². The Morgan fingerprint density at radius 2 is 2.12 bits per heavy atom. The summed E-state index contributed by atoms with van der Waals surface area (Å²) in [6.07, 6.45) is 2.77. The van der Waals surface area contributed by atoms with E-state index >= 15 is 0 Å². The third-order valence-electron chi connectivity index (χ3n) is 4.63. The second kappa shape index (κ2) is 6.04. The van der Waals surface area contributed by atoms with Crippen LogP contribution in [0.1, 0.15) is 44.7 Å².